The third-order valence-electron chi connectivity index (χ3n) is 4.46. The SMILES string of the molecule is CCCC[C@H](CC)/C(=C/[C@@H](O)CCCC)S(=O)c1ccc(C)cc1. The average molecular weight is 351 g/mol. The Balaban J connectivity index is 3.07. The maximum Gasteiger partial charge on any atom is 0.0808 e. The zero-order chi connectivity index (χ0) is 17.9. The molecule has 2 nitrogen and oxygen atoms in total. The van der Waals surface area contributed by atoms with Crippen molar-refractivity contribution >= 4 is 10.8 Å². The van der Waals surface area contributed by atoms with Crippen molar-refractivity contribution in [2.45, 2.75) is 83.6 Å². The van der Waals surface area contributed by atoms with E-state index in [0.717, 1.165) is 54.7 Å². The lowest BCUT2D eigenvalue weighted by atomic mass is 9.97. The predicted molar refractivity (Wildman–Crippen MR) is 105 cm³/mol. The third kappa shape index (κ3) is 6.90. The van der Waals surface area contributed by atoms with Crippen LogP contribution in [0.1, 0.15) is 71.3 Å². The standard InChI is InChI=1S/C21H34O2S/c1-5-8-10-18(7-3)21(16-19(22)11-9-6-2)24(23)20-14-12-17(4)13-15-20/h12-16,18-19,22H,5-11H2,1-4H3/b21-16-/t18-,19-,24?/m0/s1. The number of hydrogen-bond donors (Lipinski definition) is 1. The lowest BCUT2D eigenvalue weighted by molar-refractivity contribution is 0.208. The zero-order valence-corrected chi connectivity index (χ0v) is 16.6. The normalized spacial score (nSPS) is 16.0. The summed E-state index contributed by atoms with van der Waals surface area (Å²) in [5, 5.41) is 10.3. The molecule has 3 atom stereocenters. The highest BCUT2D eigenvalue weighted by Gasteiger charge is 2.21. The molecule has 0 radical (unpaired) electrons. The van der Waals surface area contributed by atoms with Gasteiger partial charge in [0.25, 0.3) is 0 Å². The largest absolute Gasteiger partial charge is 0.389 e. The van der Waals surface area contributed by atoms with Gasteiger partial charge in [0, 0.05) is 9.80 Å². The van der Waals surface area contributed by atoms with Gasteiger partial charge in [-0.05, 0) is 50.3 Å². The molecule has 24 heavy (non-hydrogen) atoms. The molecular formula is C21H34O2S. The van der Waals surface area contributed by atoms with E-state index in [4.69, 9.17) is 0 Å². The molecule has 1 aromatic carbocycles. The number of allylic oxidation sites excluding steroid dienone is 1. The second kappa shape index (κ2) is 11.6. The fourth-order valence-corrected chi connectivity index (χ4v) is 4.35. The average Bonchev–Trinajstić information content (AvgIpc) is 2.59. The minimum Gasteiger partial charge on any atom is -0.389 e. The molecule has 1 unspecified atom stereocenters. The van der Waals surface area contributed by atoms with Gasteiger partial charge in [0.15, 0.2) is 0 Å². The molecule has 0 bridgehead atoms. The van der Waals surface area contributed by atoms with Crippen molar-refractivity contribution in [1.29, 1.82) is 0 Å². The van der Waals surface area contributed by atoms with Gasteiger partial charge < -0.3 is 5.11 Å². The zero-order valence-electron chi connectivity index (χ0n) is 15.8. The van der Waals surface area contributed by atoms with Crippen molar-refractivity contribution in [3.63, 3.8) is 0 Å². The van der Waals surface area contributed by atoms with Crippen LogP contribution in [0.25, 0.3) is 0 Å². The number of benzene rings is 1. The van der Waals surface area contributed by atoms with Crippen LogP contribution < -0.4 is 0 Å². The highest BCUT2D eigenvalue weighted by Crippen LogP contribution is 2.29. The number of unbranched alkanes of at least 4 members (excludes halogenated alkanes) is 2. The predicted octanol–water partition coefficient (Wildman–Crippen LogP) is 5.75. The number of aliphatic hydroxyl groups is 1. The molecule has 0 aliphatic rings. The minimum atomic E-state index is -1.19. The maximum atomic E-state index is 13.2. The van der Waals surface area contributed by atoms with Crippen LogP contribution >= 0.6 is 0 Å². The lowest BCUT2D eigenvalue weighted by Gasteiger charge is -2.20. The molecular weight excluding hydrogens is 316 g/mol. The van der Waals surface area contributed by atoms with E-state index in [1.165, 1.54) is 5.56 Å². The van der Waals surface area contributed by atoms with E-state index in [2.05, 4.69) is 20.8 Å². The number of hydrogen-bond acceptors (Lipinski definition) is 2. The Hall–Kier alpha value is -0.930. The van der Waals surface area contributed by atoms with E-state index >= 15 is 0 Å². The fourth-order valence-electron chi connectivity index (χ4n) is 2.83. The maximum absolute atomic E-state index is 13.2. The van der Waals surface area contributed by atoms with Crippen molar-refractivity contribution in [3.8, 4) is 0 Å². The number of aryl methyl sites for hydroxylation is 1. The van der Waals surface area contributed by atoms with Crippen LogP contribution in [0.5, 0.6) is 0 Å². The van der Waals surface area contributed by atoms with Crippen molar-refractivity contribution in [2.75, 3.05) is 0 Å². The van der Waals surface area contributed by atoms with E-state index in [0.29, 0.717) is 0 Å². The van der Waals surface area contributed by atoms with Crippen LogP contribution in [0.15, 0.2) is 40.1 Å². The van der Waals surface area contributed by atoms with Gasteiger partial charge in [0.2, 0.25) is 0 Å². The van der Waals surface area contributed by atoms with Gasteiger partial charge in [-0.1, -0.05) is 64.2 Å². The van der Waals surface area contributed by atoms with Gasteiger partial charge in [-0.2, -0.15) is 0 Å². The van der Waals surface area contributed by atoms with Gasteiger partial charge in [-0.15, -0.1) is 0 Å². The van der Waals surface area contributed by atoms with Gasteiger partial charge in [-0.25, -0.2) is 4.21 Å². The van der Waals surface area contributed by atoms with Crippen LogP contribution in [-0.2, 0) is 10.8 Å². The van der Waals surface area contributed by atoms with E-state index < -0.39 is 16.9 Å². The van der Waals surface area contributed by atoms with E-state index in [-0.39, 0.29) is 5.92 Å². The Labute approximate surface area is 150 Å². The molecule has 0 saturated heterocycles. The van der Waals surface area contributed by atoms with Gasteiger partial charge in [-0.3, -0.25) is 0 Å². The second-order valence-electron chi connectivity index (χ2n) is 6.61. The molecule has 136 valence electrons. The summed E-state index contributed by atoms with van der Waals surface area (Å²) in [5.74, 6) is 0.281. The van der Waals surface area contributed by atoms with Crippen LogP contribution in [0.3, 0.4) is 0 Å². The summed E-state index contributed by atoms with van der Waals surface area (Å²) in [4.78, 5) is 1.75. The third-order valence-corrected chi connectivity index (χ3v) is 6.06. The molecule has 0 heterocycles. The van der Waals surface area contributed by atoms with E-state index in [9.17, 15) is 9.32 Å². The first-order chi connectivity index (χ1) is 11.5. The Kier molecular flexibility index (Phi) is 10.2. The van der Waals surface area contributed by atoms with Gasteiger partial charge in [0.05, 0.1) is 16.9 Å². The van der Waals surface area contributed by atoms with E-state index in [1.807, 2.05) is 37.3 Å². The van der Waals surface area contributed by atoms with Crippen molar-refractivity contribution in [3.05, 3.63) is 40.8 Å². The summed E-state index contributed by atoms with van der Waals surface area (Å²) in [7, 11) is -1.19. The van der Waals surface area contributed by atoms with Gasteiger partial charge in [0.1, 0.15) is 0 Å². The first-order valence-electron chi connectivity index (χ1n) is 9.41. The molecule has 0 aromatic heterocycles. The summed E-state index contributed by atoms with van der Waals surface area (Å²) < 4.78 is 13.2. The fraction of sp³-hybridized carbons (Fsp3) is 0.619. The molecule has 0 saturated carbocycles. The van der Waals surface area contributed by atoms with Crippen LogP contribution in [0.2, 0.25) is 0 Å². The molecule has 1 N–H and O–H groups in total. The highest BCUT2D eigenvalue weighted by molar-refractivity contribution is 7.89. The Morgan fingerprint density at radius 1 is 1.08 bits per heavy atom. The first kappa shape index (κ1) is 21.1. The monoisotopic (exact) mass is 350 g/mol. The summed E-state index contributed by atoms with van der Waals surface area (Å²) in [6.45, 7) is 8.49. The summed E-state index contributed by atoms with van der Waals surface area (Å²) in [6.07, 6.45) is 8.46. The summed E-state index contributed by atoms with van der Waals surface area (Å²) in [6, 6.07) is 7.91. The first-order valence-corrected chi connectivity index (χ1v) is 10.6. The van der Waals surface area contributed by atoms with Crippen LogP contribution in [0, 0.1) is 12.8 Å². The van der Waals surface area contributed by atoms with Crippen molar-refractivity contribution in [2.24, 2.45) is 5.92 Å². The topological polar surface area (TPSA) is 37.3 Å². The molecule has 0 aliphatic carbocycles. The quantitative estimate of drug-likeness (QED) is 0.551. The molecule has 0 spiro atoms. The molecule has 0 fully saturated rings. The van der Waals surface area contributed by atoms with Crippen molar-refractivity contribution < 1.29 is 9.32 Å². The Bertz CT molecular complexity index is 519. The van der Waals surface area contributed by atoms with Crippen LogP contribution in [-0.4, -0.2) is 15.4 Å². The number of rotatable bonds is 11. The van der Waals surface area contributed by atoms with Crippen LogP contribution in [0.4, 0.5) is 0 Å². The van der Waals surface area contributed by atoms with Gasteiger partial charge >= 0.3 is 0 Å². The molecule has 0 amide bonds. The highest BCUT2D eigenvalue weighted by atomic mass is 32.2. The second-order valence-corrected chi connectivity index (χ2v) is 8.09. The smallest absolute Gasteiger partial charge is 0.0808 e. The Morgan fingerprint density at radius 3 is 2.21 bits per heavy atom. The van der Waals surface area contributed by atoms with Crippen molar-refractivity contribution in [1.82, 2.24) is 0 Å². The summed E-state index contributed by atoms with van der Waals surface area (Å²) in [5.41, 5.74) is 1.17. The summed E-state index contributed by atoms with van der Waals surface area (Å²) >= 11 is 0. The molecule has 1 aromatic rings. The molecule has 3 heteroatoms. The lowest BCUT2D eigenvalue weighted by Crippen LogP contribution is -2.13. The molecule has 0 aliphatic heterocycles. The molecule has 1 rings (SSSR count). The Morgan fingerprint density at radius 2 is 1.67 bits per heavy atom. The number of aliphatic hydroxyl groups excluding tert-OH is 1. The van der Waals surface area contributed by atoms with E-state index in [1.54, 1.807) is 0 Å². The minimum absolute atomic E-state index is 0.281.